The Bertz CT molecular complexity index is 436. The maximum absolute atomic E-state index is 10.9. The van der Waals surface area contributed by atoms with Crippen molar-refractivity contribution in [2.45, 2.75) is 32.7 Å². The first-order chi connectivity index (χ1) is 9.56. The van der Waals surface area contributed by atoms with Gasteiger partial charge < -0.3 is 16.0 Å². The number of anilines is 1. The van der Waals surface area contributed by atoms with Crippen molar-refractivity contribution in [3.05, 3.63) is 24.0 Å². The average Bonchev–Trinajstić information content (AvgIpc) is 2.46. The Hall–Kier alpha value is -1.62. The lowest BCUT2D eigenvalue weighted by atomic mass is 9.96. The Kier molecular flexibility index (Phi) is 4.95. The highest BCUT2D eigenvalue weighted by Crippen LogP contribution is 2.23. The van der Waals surface area contributed by atoms with Gasteiger partial charge in [0, 0.05) is 32.6 Å². The minimum absolute atomic E-state index is 0.0209. The summed E-state index contributed by atoms with van der Waals surface area (Å²) < 4.78 is 0. The molecule has 0 aromatic carbocycles. The number of amides is 1. The van der Waals surface area contributed by atoms with E-state index in [1.165, 1.54) is 0 Å². The molecule has 20 heavy (non-hydrogen) atoms. The smallest absolute Gasteiger partial charge is 0.216 e. The molecule has 1 atom stereocenters. The SMILES string of the molecule is CC(=O)NCC1CCN(c2ccc([C@@H](C)N)nc2)CC1. The molecule has 2 rings (SSSR count). The third-order valence-electron chi connectivity index (χ3n) is 3.86. The van der Waals surface area contributed by atoms with E-state index in [1.54, 1.807) is 6.92 Å². The molecule has 0 aliphatic carbocycles. The molecule has 3 N–H and O–H groups in total. The minimum atomic E-state index is -0.0209. The highest BCUT2D eigenvalue weighted by molar-refractivity contribution is 5.72. The molecule has 1 aliphatic heterocycles. The summed E-state index contributed by atoms with van der Waals surface area (Å²) in [5.41, 5.74) is 7.89. The number of carbonyl (C=O) groups is 1. The highest BCUT2D eigenvalue weighted by atomic mass is 16.1. The normalized spacial score (nSPS) is 17.9. The van der Waals surface area contributed by atoms with Crippen LogP contribution >= 0.6 is 0 Å². The lowest BCUT2D eigenvalue weighted by Gasteiger charge is -2.33. The van der Waals surface area contributed by atoms with Crippen molar-refractivity contribution in [3.8, 4) is 0 Å². The summed E-state index contributed by atoms with van der Waals surface area (Å²) >= 11 is 0. The second kappa shape index (κ2) is 6.70. The quantitative estimate of drug-likeness (QED) is 0.873. The van der Waals surface area contributed by atoms with Gasteiger partial charge in [-0.2, -0.15) is 0 Å². The Balaban J connectivity index is 1.85. The van der Waals surface area contributed by atoms with Crippen LogP contribution in [0.1, 0.15) is 38.4 Å². The first-order valence-corrected chi connectivity index (χ1v) is 7.27. The molecule has 0 saturated carbocycles. The molecular formula is C15H24N4O. The van der Waals surface area contributed by atoms with Crippen LogP contribution in [0.15, 0.2) is 18.3 Å². The molecule has 1 aliphatic rings. The van der Waals surface area contributed by atoms with Gasteiger partial charge in [0.25, 0.3) is 0 Å². The lowest BCUT2D eigenvalue weighted by molar-refractivity contribution is -0.119. The van der Waals surface area contributed by atoms with Crippen molar-refractivity contribution in [1.29, 1.82) is 0 Å². The summed E-state index contributed by atoms with van der Waals surface area (Å²) in [7, 11) is 0. The third-order valence-corrected chi connectivity index (χ3v) is 3.86. The number of nitrogens with zero attached hydrogens (tertiary/aromatic N) is 2. The van der Waals surface area contributed by atoms with Crippen molar-refractivity contribution in [3.63, 3.8) is 0 Å². The number of pyridine rings is 1. The van der Waals surface area contributed by atoms with Crippen LogP contribution in [0.4, 0.5) is 5.69 Å². The molecule has 5 nitrogen and oxygen atoms in total. The van der Waals surface area contributed by atoms with Gasteiger partial charge in [-0.25, -0.2) is 0 Å². The molecule has 2 heterocycles. The van der Waals surface area contributed by atoms with Gasteiger partial charge in [-0.05, 0) is 37.8 Å². The molecule has 1 fully saturated rings. The zero-order valence-corrected chi connectivity index (χ0v) is 12.3. The Morgan fingerprint density at radius 2 is 2.20 bits per heavy atom. The summed E-state index contributed by atoms with van der Waals surface area (Å²) in [6.45, 7) is 6.34. The van der Waals surface area contributed by atoms with Crippen molar-refractivity contribution in [2.24, 2.45) is 11.7 Å². The Labute approximate surface area is 120 Å². The van der Waals surface area contributed by atoms with Crippen molar-refractivity contribution in [2.75, 3.05) is 24.5 Å². The van der Waals surface area contributed by atoms with E-state index in [0.29, 0.717) is 5.92 Å². The van der Waals surface area contributed by atoms with Crippen molar-refractivity contribution < 1.29 is 4.79 Å². The summed E-state index contributed by atoms with van der Waals surface area (Å²) in [6, 6.07) is 4.08. The van der Waals surface area contributed by atoms with E-state index in [2.05, 4.69) is 21.3 Å². The zero-order valence-electron chi connectivity index (χ0n) is 12.3. The van der Waals surface area contributed by atoms with Crippen LogP contribution in [0.2, 0.25) is 0 Å². The highest BCUT2D eigenvalue weighted by Gasteiger charge is 2.19. The van der Waals surface area contributed by atoms with Gasteiger partial charge in [-0.3, -0.25) is 9.78 Å². The van der Waals surface area contributed by atoms with Crippen LogP contribution in [0.25, 0.3) is 0 Å². The third kappa shape index (κ3) is 3.93. The van der Waals surface area contributed by atoms with Gasteiger partial charge in [0.2, 0.25) is 5.91 Å². The van der Waals surface area contributed by atoms with Crippen LogP contribution in [0.5, 0.6) is 0 Å². The first-order valence-electron chi connectivity index (χ1n) is 7.27. The van der Waals surface area contributed by atoms with E-state index in [0.717, 1.165) is 43.9 Å². The minimum Gasteiger partial charge on any atom is -0.370 e. The van der Waals surface area contributed by atoms with Gasteiger partial charge in [-0.1, -0.05) is 0 Å². The van der Waals surface area contributed by atoms with Crippen LogP contribution in [0, 0.1) is 5.92 Å². The van der Waals surface area contributed by atoms with Crippen LogP contribution in [-0.2, 0) is 4.79 Å². The largest absolute Gasteiger partial charge is 0.370 e. The molecule has 1 aromatic rings. The van der Waals surface area contributed by atoms with Crippen molar-refractivity contribution >= 4 is 11.6 Å². The fourth-order valence-electron chi connectivity index (χ4n) is 2.54. The second-order valence-electron chi connectivity index (χ2n) is 5.60. The molecule has 110 valence electrons. The molecule has 1 saturated heterocycles. The standard InChI is InChI=1S/C15H24N4O/c1-11(16)15-4-3-14(10-18-15)19-7-5-13(6-8-19)9-17-12(2)20/h3-4,10-11,13H,5-9,16H2,1-2H3,(H,17,20)/t11-/m1/s1. The van der Waals surface area contributed by atoms with Gasteiger partial charge in [-0.15, -0.1) is 0 Å². The molecule has 0 spiro atoms. The fraction of sp³-hybridized carbons (Fsp3) is 0.600. The predicted molar refractivity (Wildman–Crippen MR) is 80.5 cm³/mol. The molecule has 0 radical (unpaired) electrons. The second-order valence-corrected chi connectivity index (χ2v) is 5.60. The summed E-state index contributed by atoms with van der Waals surface area (Å²) in [4.78, 5) is 17.7. The molecule has 1 amide bonds. The number of carbonyl (C=O) groups excluding carboxylic acids is 1. The number of rotatable bonds is 4. The number of nitrogens with one attached hydrogen (secondary N) is 1. The van der Waals surface area contributed by atoms with E-state index >= 15 is 0 Å². The number of piperidine rings is 1. The van der Waals surface area contributed by atoms with Gasteiger partial charge in [0.05, 0.1) is 17.6 Å². The summed E-state index contributed by atoms with van der Waals surface area (Å²) in [5, 5.41) is 2.91. The maximum atomic E-state index is 10.9. The summed E-state index contributed by atoms with van der Waals surface area (Å²) in [5.74, 6) is 0.648. The van der Waals surface area contributed by atoms with Gasteiger partial charge in [0.15, 0.2) is 0 Å². The van der Waals surface area contributed by atoms with E-state index in [4.69, 9.17) is 5.73 Å². The molecular weight excluding hydrogens is 252 g/mol. The lowest BCUT2D eigenvalue weighted by Crippen LogP contribution is -2.38. The molecule has 5 heteroatoms. The predicted octanol–water partition coefficient (Wildman–Crippen LogP) is 1.45. The van der Waals surface area contributed by atoms with Crippen LogP contribution < -0.4 is 16.0 Å². The van der Waals surface area contributed by atoms with E-state index in [9.17, 15) is 4.79 Å². The van der Waals surface area contributed by atoms with E-state index < -0.39 is 0 Å². The van der Waals surface area contributed by atoms with E-state index in [-0.39, 0.29) is 11.9 Å². The van der Waals surface area contributed by atoms with Gasteiger partial charge >= 0.3 is 0 Å². The fourth-order valence-corrected chi connectivity index (χ4v) is 2.54. The number of nitrogens with two attached hydrogens (primary N) is 1. The topological polar surface area (TPSA) is 71.2 Å². The summed E-state index contributed by atoms with van der Waals surface area (Å²) in [6.07, 6.45) is 4.12. The first kappa shape index (κ1) is 14.8. The Morgan fingerprint density at radius 3 is 2.70 bits per heavy atom. The van der Waals surface area contributed by atoms with Crippen molar-refractivity contribution in [1.82, 2.24) is 10.3 Å². The Morgan fingerprint density at radius 1 is 1.50 bits per heavy atom. The van der Waals surface area contributed by atoms with E-state index in [1.807, 2.05) is 19.2 Å². The number of hydrogen-bond acceptors (Lipinski definition) is 4. The molecule has 1 aromatic heterocycles. The molecule has 0 unspecified atom stereocenters. The number of aromatic nitrogens is 1. The van der Waals surface area contributed by atoms with Crippen LogP contribution in [0.3, 0.4) is 0 Å². The average molecular weight is 276 g/mol. The zero-order chi connectivity index (χ0) is 14.5. The maximum Gasteiger partial charge on any atom is 0.216 e. The van der Waals surface area contributed by atoms with Gasteiger partial charge in [0.1, 0.15) is 0 Å². The molecule has 0 bridgehead atoms. The van der Waals surface area contributed by atoms with Crippen LogP contribution in [-0.4, -0.2) is 30.5 Å². The number of hydrogen-bond donors (Lipinski definition) is 2. The monoisotopic (exact) mass is 276 g/mol.